The molecule has 0 aromatic carbocycles. The van der Waals surface area contributed by atoms with Gasteiger partial charge in [-0.05, 0) is 54.9 Å². The summed E-state index contributed by atoms with van der Waals surface area (Å²) in [6, 6.07) is 0. The zero-order valence-electron chi connectivity index (χ0n) is 13.5. The maximum absolute atomic E-state index is 12.4. The number of rotatable bonds is 0. The molecule has 22 heavy (non-hydrogen) atoms. The number of carbonyl (C=O) groups excluding carboxylic acids is 2. The summed E-state index contributed by atoms with van der Waals surface area (Å²) in [5.74, 6) is 2.02. The molecule has 1 unspecified atom stereocenters. The molecule has 120 valence electrons. The van der Waals surface area contributed by atoms with E-state index in [1.165, 1.54) is 0 Å². The number of carbonyl (C=O) groups is 2. The molecule has 3 nitrogen and oxygen atoms in total. The Balaban J connectivity index is 1.73. The largest absolute Gasteiger partial charge is 0.393 e. The summed E-state index contributed by atoms with van der Waals surface area (Å²) in [7, 11) is 0. The second-order valence-corrected chi connectivity index (χ2v) is 8.57. The summed E-state index contributed by atoms with van der Waals surface area (Å²) >= 11 is 0. The number of allylic oxidation sites excluding steroid dienone is 2. The van der Waals surface area contributed by atoms with E-state index in [0.29, 0.717) is 30.0 Å². The molecule has 0 aromatic rings. The molecule has 0 saturated heterocycles. The minimum atomic E-state index is -0.404. The lowest BCUT2D eigenvalue weighted by atomic mass is 9.46. The molecule has 0 radical (unpaired) electrons. The quantitative estimate of drug-likeness (QED) is 0.748. The number of ketones is 2. The van der Waals surface area contributed by atoms with Crippen molar-refractivity contribution in [2.75, 3.05) is 0 Å². The standard InChI is InChI=1S/C19H26O3/c1-18-7-5-11(20)9-15(18)16(21)10-12-13-3-4-17(22)19(13,2)8-6-14(12)18/h5,7,12-16,21H,3-4,6,8-10H2,1-2H3/t12-,13-,14-,15?,16-,18+,19-/m0/s1. The van der Waals surface area contributed by atoms with Crippen molar-refractivity contribution in [1.29, 1.82) is 0 Å². The molecule has 4 rings (SSSR count). The lowest BCUT2D eigenvalue weighted by molar-refractivity contribution is -0.146. The van der Waals surface area contributed by atoms with Gasteiger partial charge in [-0.15, -0.1) is 0 Å². The van der Waals surface area contributed by atoms with E-state index in [1.807, 2.05) is 0 Å². The predicted octanol–water partition coefficient (Wildman–Crippen LogP) is 2.91. The van der Waals surface area contributed by atoms with E-state index in [-0.39, 0.29) is 22.5 Å². The second kappa shape index (κ2) is 4.53. The van der Waals surface area contributed by atoms with Gasteiger partial charge >= 0.3 is 0 Å². The summed E-state index contributed by atoms with van der Waals surface area (Å²) in [5, 5.41) is 10.7. The lowest BCUT2D eigenvalue weighted by Crippen LogP contribution is -2.56. The summed E-state index contributed by atoms with van der Waals surface area (Å²) in [4.78, 5) is 24.2. The van der Waals surface area contributed by atoms with Gasteiger partial charge in [-0.1, -0.05) is 19.9 Å². The van der Waals surface area contributed by atoms with E-state index in [2.05, 4.69) is 19.9 Å². The van der Waals surface area contributed by atoms with E-state index in [1.54, 1.807) is 6.08 Å². The Bertz CT molecular complexity index is 565. The van der Waals surface area contributed by atoms with Gasteiger partial charge in [0.05, 0.1) is 6.10 Å². The minimum absolute atomic E-state index is 0.0627. The highest BCUT2D eigenvalue weighted by molar-refractivity contribution is 5.91. The van der Waals surface area contributed by atoms with Gasteiger partial charge in [0.2, 0.25) is 0 Å². The smallest absolute Gasteiger partial charge is 0.155 e. The molecule has 0 aliphatic heterocycles. The second-order valence-electron chi connectivity index (χ2n) is 8.57. The molecule has 4 aliphatic rings. The Kier molecular flexibility index (Phi) is 3.01. The highest BCUT2D eigenvalue weighted by Gasteiger charge is 2.61. The number of aliphatic hydroxyl groups excluding tert-OH is 1. The Hall–Kier alpha value is -0.960. The molecule has 0 heterocycles. The van der Waals surface area contributed by atoms with Crippen LogP contribution in [0.4, 0.5) is 0 Å². The third-order valence-corrected chi connectivity index (χ3v) is 7.77. The van der Waals surface area contributed by atoms with Crippen molar-refractivity contribution in [3.63, 3.8) is 0 Å². The van der Waals surface area contributed by atoms with Gasteiger partial charge in [-0.2, -0.15) is 0 Å². The number of aliphatic hydroxyl groups is 1. The lowest BCUT2D eigenvalue weighted by Gasteiger charge is -2.59. The van der Waals surface area contributed by atoms with Gasteiger partial charge in [-0.25, -0.2) is 0 Å². The Morgan fingerprint density at radius 1 is 1.14 bits per heavy atom. The van der Waals surface area contributed by atoms with Gasteiger partial charge in [0, 0.05) is 24.2 Å². The SMILES string of the molecule is C[C@]12C=CC(=O)CC1[C@@H](O)C[C@@H]1[C@@H]2CC[C@]2(C)C(=O)CC[C@@H]12. The highest BCUT2D eigenvalue weighted by Crippen LogP contribution is 2.64. The monoisotopic (exact) mass is 302 g/mol. The van der Waals surface area contributed by atoms with Gasteiger partial charge in [0.25, 0.3) is 0 Å². The number of hydrogen-bond donors (Lipinski definition) is 1. The molecule has 1 N–H and O–H groups in total. The average molecular weight is 302 g/mol. The van der Waals surface area contributed by atoms with Crippen LogP contribution in [0.5, 0.6) is 0 Å². The third-order valence-electron chi connectivity index (χ3n) is 7.77. The van der Waals surface area contributed by atoms with E-state index < -0.39 is 6.10 Å². The summed E-state index contributed by atoms with van der Waals surface area (Å²) < 4.78 is 0. The van der Waals surface area contributed by atoms with Gasteiger partial charge in [-0.3, -0.25) is 9.59 Å². The fourth-order valence-electron chi connectivity index (χ4n) is 6.45. The fraction of sp³-hybridized carbons (Fsp3) is 0.789. The zero-order valence-corrected chi connectivity index (χ0v) is 13.5. The van der Waals surface area contributed by atoms with E-state index in [4.69, 9.17) is 0 Å². The Morgan fingerprint density at radius 2 is 1.91 bits per heavy atom. The first kappa shape index (κ1) is 14.6. The maximum atomic E-state index is 12.4. The van der Waals surface area contributed by atoms with E-state index >= 15 is 0 Å². The molecule has 3 fully saturated rings. The fourth-order valence-corrected chi connectivity index (χ4v) is 6.45. The normalized spacial score (nSPS) is 53.9. The van der Waals surface area contributed by atoms with Crippen LogP contribution < -0.4 is 0 Å². The van der Waals surface area contributed by atoms with E-state index in [0.717, 1.165) is 32.1 Å². The summed E-state index contributed by atoms with van der Waals surface area (Å²) in [6.07, 6.45) is 8.43. The molecule has 4 aliphatic carbocycles. The minimum Gasteiger partial charge on any atom is -0.393 e. The first-order valence-electron chi connectivity index (χ1n) is 8.80. The number of fused-ring (bicyclic) bond motifs is 5. The van der Waals surface area contributed by atoms with Crippen LogP contribution in [0.3, 0.4) is 0 Å². The van der Waals surface area contributed by atoms with Crippen molar-refractivity contribution in [1.82, 2.24) is 0 Å². The predicted molar refractivity (Wildman–Crippen MR) is 83.0 cm³/mol. The van der Waals surface area contributed by atoms with Crippen LogP contribution in [0, 0.1) is 34.5 Å². The molecule has 0 aromatic heterocycles. The summed E-state index contributed by atoms with van der Waals surface area (Å²) in [6.45, 7) is 4.39. The van der Waals surface area contributed by atoms with Crippen molar-refractivity contribution in [2.24, 2.45) is 34.5 Å². The van der Waals surface area contributed by atoms with Crippen LogP contribution in [0.15, 0.2) is 12.2 Å². The van der Waals surface area contributed by atoms with E-state index in [9.17, 15) is 14.7 Å². The van der Waals surface area contributed by atoms with Gasteiger partial charge < -0.3 is 5.11 Å². The van der Waals surface area contributed by atoms with Crippen LogP contribution in [-0.4, -0.2) is 22.8 Å². The van der Waals surface area contributed by atoms with Crippen LogP contribution in [0.2, 0.25) is 0 Å². The topological polar surface area (TPSA) is 54.4 Å². The molecule has 3 heteroatoms. The number of hydrogen-bond acceptors (Lipinski definition) is 3. The first-order valence-corrected chi connectivity index (χ1v) is 8.80. The maximum Gasteiger partial charge on any atom is 0.155 e. The molecular weight excluding hydrogens is 276 g/mol. The Labute approximate surface area is 132 Å². The van der Waals surface area contributed by atoms with Crippen molar-refractivity contribution in [2.45, 2.75) is 58.5 Å². The van der Waals surface area contributed by atoms with Crippen molar-refractivity contribution in [3.05, 3.63) is 12.2 Å². The average Bonchev–Trinajstić information content (AvgIpc) is 2.77. The van der Waals surface area contributed by atoms with Crippen molar-refractivity contribution < 1.29 is 14.7 Å². The van der Waals surface area contributed by atoms with Crippen LogP contribution in [-0.2, 0) is 9.59 Å². The molecule has 0 bridgehead atoms. The van der Waals surface area contributed by atoms with Crippen molar-refractivity contribution >= 4 is 11.6 Å². The van der Waals surface area contributed by atoms with Gasteiger partial charge in [0.15, 0.2) is 5.78 Å². The first-order chi connectivity index (χ1) is 10.4. The molecule has 7 atom stereocenters. The molecule has 0 spiro atoms. The Morgan fingerprint density at radius 3 is 2.68 bits per heavy atom. The van der Waals surface area contributed by atoms with Crippen LogP contribution in [0.25, 0.3) is 0 Å². The summed E-state index contributed by atoms with van der Waals surface area (Å²) in [5.41, 5.74) is -0.235. The van der Waals surface area contributed by atoms with Gasteiger partial charge in [0.1, 0.15) is 5.78 Å². The third kappa shape index (κ3) is 1.72. The highest BCUT2D eigenvalue weighted by atomic mass is 16.3. The number of Topliss-reactive ketones (excluding diaryl/α,β-unsaturated/α-hetero) is 1. The zero-order chi connectivity index (χ0) is 15.7. The van der Waals surface area contributed by atoms with Crippen LogP contribution >= 0.6 is 0 Å². The molecule has 0 amide bonds. The van der Waals surface area contributed by atoms with Crippen LogP contribution in [0.1, 0.15) is 52.4 Å². The molecule has 3 saturated carbocycles. The van der Waals surface area contributed by atoms with Crippen molar-refractivity contribution in [3.8, 4) is 0 Å². The molecular formula is C19H26O3.